The maximum atomic E-state index is 9.98. The maximum absolute atomic E-state index is 9.98. The summed E-state index contributed by atoms with van der Waals surface area (Å²) in [5.41, 5.74) is 3.85. The van der Waals surface area contributed by atoms with Gasteiger partial charge in [-0.05, 0) is 18.2 Å². The number of nitrogens with zero attached hydrogens (tertiary/aromatic N) is 4. The summed E-state index contributed by atoms with van der Waals surface area (Å²) in [4.78, 5) is 15.4. The van der Waals surface area contributed by atoms with Crippen molar-refractivity contribution in [2.45, 2.75) is 19.5 Å². The Morgan fingerprint density at radius 3 is 2.76 bits per heavy atom. The van der Waals surface area contributed by atoms with Gasteiger partial charge in [-0.25, -0.2) is 9.97 Å². The first-order chi connectivity index (χ1) is 12.2. The van der Waals surface area contributed by atoms with E-state index in [-0.39, 0.29) is 11.5 Å². The van der Waals surface area contributed by atoms with Gasteiger partial charge in [-0.2, -0.15) is 0 Å². The second kappa shape index (κ2) is 6.49. The molecule has 6 nitrogen and oxygen atoms in total. The fourth-order valence-corrected chi connectivity index (χ4v) is 3.10. The van der Waals surface area contributed by atoms with Gasteiger partial charge >= 0.3 is 0 Å². The van der Waals surface area contributed by atoms with Crippen LogP contribution in [0.4, 0.5) is 0 Å². The Kier molecular flexibility index (Phi) is 4.03. The molecule has 4 rings (SSSR count). The first-order valence-electron chi connectivity index (χ1n) is 8.18. The molecule has 2 aromatic heterocycles. The Labute approximate surface area is 145 Å². The molecule has 0 saturated carbocycles. The Hall–Kier alpha value is -2.99. The number of phenolic OH excluding ortho intramolecular Hbond substituents is 2. The number of phenols is 2. The number of fused-ring (bicyclic) bond motifs is 1. The SMILES string of the molecule is Oc1cccc(CN2CCc3nc(-c4ccncc4)ncc3C2)c1O. The van der Waals surface area contributed by atoms with E-state index in [0.29, 0.717) is 6.54 Å². The Bertz CT molecular complexity index is 899. The largest absolute Gasteiger partial charge is 0.504 e. The molecular weight excluding hydrogens is 316 g/mol. The molecule has 3 aromatic rings. The van der Waals surface area contributed by atoms with Crippen LogP contribution in [0.2, 0.25) is 0 Å². The second-order valence-electron chi connectivity index (χ2n) is 6.15. The lowest BCUT2D eigenvalue weighted by Gasteiger charge is -2.28. The van der Waals surface area contributed by atoms with Crippen LogP contribution in [0.15, 0.2) is 48.9 Å². The molecule has 1 aliphatic rings. The molecule has 2 N–H and O–H groups in total. The van der Waals surface area contributed by atoms with Crippen molar-refractivity contribution in [3.05, 3.63) is 65.7 Å². The number of pyridine rings is 1. The van der Waals surface area contributed by atoms with Crippen molar-refractivity contribution in [2.75, 3.05) is 6.54 Å². The quantitative estimate of drug-likeness (QED) is 0.716. The molecule has 0 atom stereocenters. The number of rotatable bonds is 3. The van der Waals surface area contributed by atoms with Crippen LogP contribution in [-0.4, -0.2) is 36.6 Å². The van der Waals surface area contributed by atoms with Gasteiger partial charge in [0.2, 0.25) is 0 Å². The zero-order chi connectivity index (χ0) is 17.2. The van der Waals surface area contributed by atoms with E-state index in [0.717, 1.165) is 47.7 Å². The number of hydrogen-bond acceptors (Lipinski definition) is 6. The Morgan fingerprint density at radius 2 is 1.92 bits per heavy atom. The van der Waals surface area contributed by atoms with Crippen molar-refractivity contribution in [1.82, 2.24) is 19.9 Å². The van der Waals surface area contributed by atoms with E-state index in [1.165, 1.54) is 6.07 Å². The Morgan fingerprint density at radius 1 is 1.08 bits per heavy atom. The van der Waals surface area contributed by atoms with Crippen LogP contribution in [0.25, 0.3) is 11.4 Å². The van der Waals surface area contributed by atoms with E-state index >= 15 is 0 Å². The molecule has 0 unspecified atom stereocenters. The minimum Gasteiger partial charge on any atom is -0.504 e. The predicted octanol–water partition coefficient (Wildman–Crippen LogP) is 2.51. The molecule has 0 fully saturated rings. The molecule has 0 saturated heterocycles. The first kappa shape index (κ1) is 15.5. The van der Waals surface area contributed by atoms with E-state index in [4.69, 9.17) is 4.98 Å². The van der Waals surface area contributed by atoms with E-state index in [2.05, 4.69) is 14.9 Å². The van der Waals surface area contributed by atoms with Crippen molar-refractivity contribution in [3.8, 4) is 22.9 Å². The van der Waals surface area contributed by atoms with Gasteiger partial charge in [-0.15, -0.1) is 0 Å². The second-order valence-corrected chi connectivity index (χ2v) is 6.15. The minimum absolute atomic E-state index is 0.0439. The van der Waals surface area contributed by atoms with Crippen LogP contribution in [0, 0.1) is 0 Å². The van der Waals surface area contributed by atoms with Gasteiger partial charge in [-0.1, -0.05) is 12.1 Å². The molecule has 126 valence electrons. The lowest BCUT2D eigenvalue weighted by atomic mass is 10.1. The standard InChI is InChI=1S/C19H18N4O2/c24-17-3-1-2-14(18(17)25)11-23-9-6-16-15(12-23)10-21-19(22-16)13-4-7-20-8-5-13/h1-5,7-8,10,24-25H,6,9,11-12H2. The van der Waals surface area contributed by atoms with E-state index in [9.17, 15) is 10.2 Å². The van der Waals surface area contributed by atoms with E-state index in [1.807, 2.05) is 24.4 Å². The van der Waals surface area contributed by atoms with Gasteiger partial charge in [0.05, 0.1) is 5.69 Å². The summed E-state index contributed by atoms with van der Waals surface area (Å²) in [6.07, 6.45) is 6.19. The van der Waals surface area contributed by atoms with Crippen molar-refractivity contribution in [3.63, 3.8) is 0 Å². The lowest BCUT2D eigenvalue weighted by Crippen LogP contribution is -2.31. The number of aromatic hydroxyl groups is 2. The van der Waals surface area contributed by atoms with Gasteiger partial charge in [0.25, 0.3) is 0 Å². The van der Waals surface area contributed by atoms with Crippen LogP contribution in [0.3, 0.4) is 0 Å². The first-order valence-corrected chi connectivity index (χ1v) is 8.18. The number of hydrogen-bond donors (Lipinski definition) is 2. The molecule has 6 heteroatoms. The van der Waals surface area contributed by atoms with Gasteiger partial charge in [0.1, 0.15) is 0 Å². The highest BCUT2D eigenvalue weighted by atomic mass is 16.3. The zero-order valence-electron chi connectivity index (χ0n) is 13.6. The normalized spacial score (nSPS) is 14.2. The molecule has 25 heavy (non-hydrogen) atoms. The average molecular weight is 334 g/mol. The monoisotopic (exact) mass is 334 g/mol. The Balaban J connectivity index is 1.53. The van der Waals surface area contributed by atoms with Crippen LogP contribution >= 0.6 is 0 Å². The third-order valence-electron chi connectivity index (χ3n) is 4.44. The molecule has 0 radical (unpaired) electrons. The van der Waals surface area contributed by atoms with Gasteiger partial charge in [0, 0.05) is 61.3 Å². The number of benzene rings is 1. The molecule has 0 amide bonds. The van der Waals surface area contributed by atoms with Crippen molar-refractivity contribution in [2.24, 2.45) is 0 Å². The summed E-state index contributed by atoms with van der Waals surface area (Å²) >= 11 is 0. The third kappa shape index (κ3) is 3.16. The van der Waals surface area contributed by atoms with Gasteiger partial charge < -0.3 is 10.2 Å². The molecule has 3 heterocycles. The zero-order valence-corrected chi connectivity index (χ0v) is 13.6. The number of para-hydroxylation sites is 1. The topological polar surface area (TPSA) is 82.4 Å². The highest BCUT2D eigenvalue weighted by Gasteiger charge is 2.20. The average Bonchev–Trinajstić information content (AvgIpc) is 2.66. The fourth-order valence-electron chi connectivity index (χ4n) is 3.10. The summed E-state index contributed by atoms with van der Waals surface area (Å²) in [6.45, 7) is 2.14. The number of aromatic nitrogens is 3. The maximum Gasteiger partial charge on any atom is 0.161 e. The van der Waals surface area contributed by atoms with Crippen molar-refractivity contribution >= 4 is 0 Å². The van der Waals surface area contributed by atoms with E-state index in [1.54, 1.807) is 18.5 Å². The van der Waals surface area contributed by atoms with Crippen LogP contribution in [-0.2, 0) is 19.5 Å². The van der Waals surface area contributed by atoms with E-state index < -0.39 is 0 Å². The van der Waals surface area contributed by atoms with Crippen LogP contribution in [0.5, 0.6) is 11.5 Å². The predicted molar refractivity (Wildman–Crippen MR) is 92.9 cm³/mol. The molecule has 0 aliphatic carbocycles. The lowest BCUT2D eigenvalue weighted by molar-refractivity contribution is 0.239. The van der Waals surface area contributed by atoms with Gasteiger partial charge in [-0.3, -0.25) is 9.88 Å². The van der Waals surface area contributed by atoms with Crippen LogP contribution in [0.1, 0.15) is 16.8 Å². The minimum atomic E-state index is -0.0831. The highest BCUT2D eigenvalue weighted by Crippen LogP contribution is 2.30. The fraction of sp³-hybridized carbons (Fsp3) is 0.211. The third-order valence-corrected chi connectivity index (χ3v) is 4.44. The molecule has 1 aromatic carbocycles. The van der Waals surface area contributed by atoms with Crippen LogP contribution < -0.4 is 0 Å². The molecule has 0 bridgehead atoms. The summed E-state index contributed by atoms with van der Waals surface area (Å²) in [5.74, 6) is 0.595. The summed E-state index contributed by atoms with van der Waals surface area (Å²) in [6, 6.07) is 8.86. The summed E-state index contributed by atoms with van der Waals surface area (Å²) in [7, 11) is 0. The van der Waals surface area contributed by atoms with Crippen molar-refractivity contribution < 1.29 is 10.2 Å². The smallest absolute Gasteiger partial charge is 0.161 e. The molecular formula is C19H18N4O2. The summed E-state index contributed by atoms with van der Waals surface area (Å²) in [5, 5.41) is 19.6. The van der Waals surface area contributed by atoms with Crippen molar-refractivity contribution in [1.29, 1.82) is 0 Å². The van der Waals surface area contributed by atoms with Gasteiger partial charge in [0.15, 0.2) is 17.3 Å². The molecule has 0 spiro atoms. The molecule has 1 aliphatic heterocycles. The highest BCUT2D eigenvalue weighted by molar-refractivity contribution is 5.54. The summed E-state index contributed by atoms with van der Waals surface area (Å²) < 4.78 is 0.